The van der Waals surface area contributed by atoms with Gasteiger partial charge in [0.2, 0.25) is 0 Å². The first-order valence-corrected chi connectivity index (χ1v) is 13.3. The van der Waals surface area contributed by atoms with Gasteiger partial charge in [0.15, 0.2) is 11.7 Å². The van der Waals surface area contributed by atoms with Gasteiger partial charge in [-0.25, -0.2) is 4.98 Å². The predicted octanol–water partition coefficient (Wildman–Crippen LogP) is 4.98. The summed E-state index contributed by atoms with van der Waals surface area (Å²) in [7, 11) is 0. The molecule has 0 atom stereocenters. The maximum atomic E-state index is 13.4. The summed E-state index contributed by atoms with van der Waals surface area (Å²) in [5.41, 5.74) is 0.861. The molecule has 1 aliphatic heterocycles. The molecular formula is C28H31N3O4S. The largest absolute Gasteiger partial charge is 0.494 e. The standard InChI is InChI=1S/C28H31N3O4S/c1-2-34-24-10-11-25-26(19-24)36-28(29-25)31(13-5-12-30-14-16-33-17-15-30)27(32)20-35-23-9-8-21-6-3-4-7-22(21)18-23/h3-4,6-11,18-19H,2,5,12-17,20H2,1H3. The molecule has 2 heterocycles. The molecule has 0 N–H and O–H groups in total. The fourth-order valence-electron chi connectivity index (χ4n) is 4.35. The molecule has 188 valence electrons. The van der Waals surface area contributed by atoms with Crippen LogP contribution in [0.1, 0.15) is 13.3 Å². The maximum absolute atomic E-state index is 13.4. The van der Waals surface area contributed by atoms with Crippen LogP contribution in [0.25, 0.3) is 21.0 Å². The van der Waals surface area contributed by atoms with Gasteiger partial charge < -0.3 is 14.2 Å². The zero-order chi connectivity index (χ0) is 24.7. The molecule has 0 saturated carbocycles. The van der Waals surface area contributed by atoms with Crippen LogP contribution < -0.4 is 14.4 Å². The molecule has 4 aromatic rings. The Labute approximate surface area is 215 Å². The highest BCUT2D eigenvalue weighted by molar-refractivity contribution is 7.22. The lowest BCUT2D eigenvalue weighted by Crippen LogP contribution is -2.40. The van der Waals surface area contributed by atoms with Gasteiger partial charge in [-0.05, 0) is 54.4 Å². The molecule has 1 aliphatic rings. The lowest BCUT2D eigenvalue weighted by atomic mass is 10.1. The summed E-state index contributed by atoms with van der Waals surface area (Å²) in [5, 5.41) is 2.91. The van der Waals surface area contributed by atoms with Gasteiger partial charge in [-0.3, -0.25) is 14.6 Å². The fourth-order valence-corrected chi connectivity index (χ4v) is 5.39. The van der Waals surface area contributed by atoms with Crippen molar-refractivity contribution in [1.82, 2.24) is 9.88 Å². The Morgan fingerprint density at radius 3 is 2.64 bits per heavy atom. The van der Waals surface area contributed by atoms with Crippen molar-refractivity contribution in [1.29, 1.82) is 0 Å². The predicted molar refractivity (Wildman–Crippen MR) is 144 cm³/mol. The molecule has 1 fully saturated rings. The van der Waals surface area contributed by atoms with Crippen molar-refractivity contribution in [2.75, 3.05) is 57.5 Å². The minimum atomic E-state index is -0.103. The summed E-state index contributed by atoms with van der Waals surface area (Å²) in [4.78, 5) is 22.3. The number of ether oxygens (including phenoxy) is 3. The van der Waals surface area contributed by atoms with E-state index in [1.54, 1.807) is 4.90 Å². The number of morpholine rings is 1. The summed E-state index contributed by atoms with van der Waals surface area (Å²) in [6, 6.07) is 19.9. The molecule has 3 aromatic carbocycles. The SMILES string of the molecule is CCOc1ccc2nc(N(CCCN3CCOCC3)C(=O)COc3ccc4ccccc4c3)sc2c1. The zero-order valence-corrected chi connectivity index (χ0v) is 21.3. The molecule has 36 heavy (non-hydrogen) atoms. The molecule has 5 rings (SSSR count). The highest BCUT2D eigenvalue weighted by Gasteiger charge is 2.21. The van der Waals surface area contributed by atoms with E-state index in [-0.39, 0.29) is 12.5 Å². The molecule has 1 aromatic heterocycles. The fraction of sp³-hybridized carbons (Fsp3) is 0.357. The molecule has 0 bridgehead atoms. The lowest BCUT2D eigenvalue weighted by Gasteiger charge is -2.27. The number of hydrogen-bond acceptors (Lipinski definition) is 7. The molecule has 0 spiro atoms. The van der Waals surface area contributed by atoms with E-state index in [1.165, 1.54) is 11.3 Å². The van der Waals surface area contributed by atoms with Gasteiger partial charge in [-0.2, -0.15) is 0 Å². The van der Waals surface area contributed by atoms with E-state index in [0.29, 0.717) is 24.0 Å². The highest BCUT2D eigenvalue weighted by Crippen LogP contribution is 2.32. The van der Waals surface area contributed by atoms with E-state index >= 15 is 0 Å². The molecule has 1 amide bonds. The third-order valence-corrected chi connectivity index (χ3v) is 7.28. The summed E-state index contributed by atoms with van der Waals surface area (Å²) < 4.78 is 18.0. The number of carbonyl (C=O) groups excluding carboxylic acids is 1. The van der Waals surface area contributed by atoms with Gasteiger partial charge in [-0.15, -0.1) is 0 Å². The van der Waals surface area contributed by atoms with Crippen molar-refractivity contribution < 1.29 is 19.0 Å². The van der Waals surface area contributed by atoms with Crippen LogP contribution in [-0.4, -0.2) is 68.4 Å². The van der Waals surface area contributed by atoms with Crippen LogP contribution in [0.4, 0.5) is 5.13 Å². The van der Waals surface area contributed by atoms with Crippen LogP contribution in [0.15, 0.2) is 60.7 Å². The van der Waals surface area contributed by atoms with Crippen LogP contribution in [0, 0.1) is 0 Å². The van der Waals surface area contributed by atoms with Gasteiger partial charge in [0.25, 0.3) is 5.91 Å². The second-order valence-corrected chi connectivity index (χ2v) is 9.72. The van der Waals surface area contributed by atoms with Gasteiger partial charge in [-0.1, -0.05) is 41.7 Å². The Hall–Kier alpha value is -3.20. The van der Waals surface area contributed by atoms with Crippen LogP contribution in [0.3, 0.4) is 0 Å². The van der Waals surface area contributed by atoms with Gasteiger partial charge in [0, 0.05) is 26.2 Å². The molecule has 8 heteroatoms. The van der Waals surface area contributed by atoms with Gasteiger partial charge in [0.1, 0.15) is 11.5 Å². The maximum Gasteiger partial charge on any atom is 0.266 e. The van der Waals surface area contributed by atoms with E-state index in [2.05, 4.69) is 11.0 Å². The molecular weight excluding hydrogens is 474 g/mol. The first kappa shape index (κ1) is 24.5. The Balaban J connectivity index is 1.31. The van der Waals surface area contributed by atoms with Crippen LogP contribution >= 0.6 is 11.3 Å². The highest BCUT2D eigenvalue weighted by atomic mass is 32.1. The number of fused-ring (bicyclic) bond motifs is 2. The number of anilines is 1. The van der Waals surface area contributed by atoms with Gasteiger partial charge in [0.05, 0.1) is 30.0 Å². The normalized spacial score (nSPS) is 14.2. The zero-order valence-electron chi connectivity index (χ0n) is 20.5. The Bertz CT molecular complexity index is 1320. The topological polar surface area (TPSA) is 64.1 Å². The van der Waals surface area contributed by atoms with E-state index in [9.17, 15) is 4.79 Å². The third-order valence-electron chi connectivity index (χ3n) is 6.23. The summed E-state index contributed by atoms with van der Waals surface area (Å²) in [6.45, 7) is 7.41. The van der Waals surface area contributed by atoms with E-state index in [0.717, 1.165) is 66.0 Å². The minimum absolute atomic E-state index is 0.0456. The van der Waals surface area contributed by atoms with Crippen molar-refractivity contribution in [3.63, 3.8) is 0 Å². The van der Waals surface area contributed by atoms with Crippen LogP contribution in [-0.2, 0) is 9.53 Å². The number of benzene rings is 3. The smallest absolute Gasteiger partial charge is 0.266 e. The second kappa shape index (κ2) is 11.7. The number of nitrogens with zero attached hydrogens (tertiary/aromatic N) is 3. The second-order valence-electron chi connectivity index (χ2n) is 8.71. The van der Waals surface area contributed by atoms with Gasteiger partial charge >= 0.3 is 0 Å². The lowest BCUT2D eigenvalue weighted by molar-refractivity contribution is -0.120. The molecule has 7 nitrogen and oxygen atoms in total. The number of rotatable bonds is 10. The van der Waals surface area contributed by atoms with E-state index < -0.39 is 0 Å². The summed E-state index contributed by atoms with van der Waals surface area (Å²) >= 11 is 1.51. The first-order chi connectivity index (χ1) is 17.7. The number of carbonyl (C=O) groups is 1. The summed E-state index contributed by atoms with van der Waals surface area (Å²) in [5.74, 6) is 1.39. The minimum Gasteiger partial charge on any atom is -0.494 e. The molecule has 1 saturated heterocycles. The average molecular weight is 506 g/mol. The Morgan fingerprint density at radius 1 is 1.03 bits per heavy atom. The van der Waals surface area contributed by atoms with E-state index in [4.69, 9.17) is 19.2 Å². The number of hydrogen-bond donors (Lipinski definition) is 0. The molecule has 0 radical (unpaired) electrons. The summed E-state index contributed by atoms with van der Waals surface area (Å²) in [6.07, 6.45) is 0.849. The van der Waals surface area contributed by atoms with E-state index in [1.807, 2.05) is 61.5 Å². The van der Waals surface area contributed by atoms with Crippen molar-refractivity contribution in [2.24, 2.45) is 0 Å². The van der Waals surface area contributed by atoms with Crippen molar-refractivity contribution in [2.45, 2.75) is 13.3 Å². The number of thiazole rings is 1. The van der Waals surface area contributed by atoms with Crippen molar-refractivity contribution in [3.8, 4) is 11.5 Å². The molecule has 0 aliphatic carbocycles. The Kier molecular flexibility index (Phi) is 7.95. The number of aromatic nitrogens is 1. The number of amides is 1. The average Bonchev–Trinajstić information content (AvgIpc) is 3.33. The van der Waals surface area contributed by atoms with Crippen molar-refractivity contribution in [3.05, 3.63) is 60.7 Å². The molecule has 0 unspecified atom stereocenters. The van der Waals surface area contributed by atoms with Crippen molar-refractivity contribution >= 4 is 43.4 Å². The third kappa shape index (κ3) is 5.95. The van der Waals surface area contributed by atoms with Crippen LogP contribution in [0.5, 0.6) is 11.5 Å². The monoisotopic (exact) mass is 505 g/mol. The van der Waals surface area contributed by atoms with Crippen LogP contribution in [0.2, 0.25) is 0 Å². The quantitative estimate of drug-likeness (QED) is 0.303. The Morgan fingerprint density at radius 2 is 1.81 bits per heavy atom. The first-order valence-electron chi connectivity index (χ1n) is 12.4.